The lowest BCUT2D eigenvalue weighted by Gasteiger charge is -2.26. The zero-order chi connectivity index (χ0) is 13.7. The van der Waals surface area contributed by atoms with Crippen LogP contribution < -0.4 is 5.32 Å². The van der Waals surface area contributed by atoms with Crippen LogP contribution in [0.3, 0.4) is 0 Å². The van der Waals surface area contributed by atoms with Gasteiger partial charge in [-0.3, -0.25) is 0 Å². The summed E-state index contributed by atoms with van der Waals surface area (Å²) in [6.07, 6.45) is 3.78. The first-order valence-electron chi connectivity index (χ1n) is 7.71. The zero-order valence-electron chi connectivity index (χ0n) is 12.5. The molecule has 1 heterocycles. The third kappa shape index (κ3) is 3.76. The average Bonchev–Trinajstić information content (AvgIpc) is 2.83. The Labute approximate surface area is 122 Å². The largest absolute Gasteiger partial charge is 0.314 e. The van der Waals surface area contributed by atoms with Crippen molar-refractivity contribution in [2.24, 2.45) is 5.92 Å². The summed E-state index contributed by atoms with van der Waals surface area (Å²) in [6, 6.07) is 9.63. The smallest absolute Gasteiger partial charge is 0.0107 e. The maximum Gasteiger partial charge on any atom is 0.0107 e. The lowest BCUT2D eigenvalue weighted by molar-refractivity contribution is 0.334. The van der Waals surface area contributed by atoms with E-state index in [1.807, 2.05) is 11.8 Å². The van der Waals surface area contributed by atoms with Crippen molar-refractivity contribution in [1.82, 2.24) is 5.32 Å². The molecule has 1 aliphatic rings. The number of fused-ring (bicyclic) bond motifs is 1. The minimum absolute atomic E-state index is 0.678. The van der Waals surface area contributed by atoms with Gasteiger partial charge in [0.25, 0.3) is 0 Å². The topological polar surface area (TPSA) is 12.0 Å². The molecule has 3 unspecified atom stereocenters. The van der Waals surface area contributed by atoms with Gasteiger partial charge in [-0.2, -0.15) is 0 Å². The molecule has 0 radical (unpaired) electrons. The van der Waals surface area contributed by atoms with Gasteiger partial charge in [0.1, 0.15) is 0 Å². The normalized spacial score (nSPS) is 21.1. The molecule has 0 spiro atoms. The van der Waals surface area contributed by atoms with Gasteiger partial charge in [0, 0.05) is 16.7 Å². The van der Waals surface area contributed by atoms with E-state index in [4.69, 9.17) is 0 Å². The van der Waals surface area contributed by atoms with Crippen LogP contribution in [0.15, 0.2) is 29.2 Å². The number of nitrogens with one attached hydrogen (secondary N) is 1. The molecule has 3 atom stereocenters. The van der Waals surface area contributed by atoms with Crippen LogP contribution in [0.2, 0.25) is 0 Å². The SMILES string of the molecule is CCCNC(CC)C(C)CC1CSc2ccccc21. The summed E-state index contributed by atoms with van der Waals surface area (Å²) in [6.45, 7) is 8.12. The molecule has 0 saturated carbocycles. The van der Waals surface area contributed by atoms with Crippen molar-refractivity contribution in [2.45, 2.75) is 56.9 Å². The zero-order valence-corrected chi connectivity index (χ0v) is 13.3. The Morgan fingerprint density at radius 3 is 2.84 bits per heavy atom. The van der Waals surface area contributed by atoms with Gasteiger partial charge in [0.2, 0.25) is 0 Å². The van der Waals surface area contributed by atoms with Gasteiger partial charge in [0.15, 0.2) is 0 Å². The predicted octanol–water partition coefficient (Wildman–Crippen LogP) is 4.68. The summed E-state index contributed by atoms with van der Waals surface area (Å²) < 4.78 is 0. The molecular weight excluding hydrogens is 250 g/mol. The number of hydrogen-bond acceptors (Lipinski definition) is 2. The molecular formula is C17H27NS. The summed E-state index contributed by atoms with van der Waals surface area (Å²) in [5.74, 6) is 2.79. The Morgan fingerprint density at radius 2 is 2.11 bits per heavy atom. The standard InChI is InChI=1S/C17H27NS/c1-4-10-18-16(5-2)13(3)11-14-12-19-17-9-7-6-8-15(14)17/h6-9,13-14,16,18H,4-5,10-12H2,1-3H3. The number of thioether (sulfide) groups is 1. The summed E-state index contributed by atoms with van der Waals surface area (Å²) in [5.41, 5.74) is 1.59. The molecule has 1 aliphatic heterocycles. The molecule has 0 saturated heterocycles. The first-order valence-corrected chi connectivity index (χ1v) is 8.69. The fourth-order valence-electron chi connectivity index (χ4n) is 3.12. The highest BCUT2D eigenvalue weighted by Crippen LogP contribution is 2.42. The molecule has 1 N–H and O–H groups in total. The molecule has 19 heavy (non-hydrogen) atoms. The molecule has 2 heteroatoms. The second-order valence-electron chi connectivity index (χ2n) is 5.73. The van der Waals surface area contributed by atoms with E-state index in [-0.39, 0.29) is 0 Å². The average molecular weight is 277 g/mol. The molecule has 1 aromatic carbocycles. The Kier molecular flexibility index (Phi) is 5.77. The van der Waals surface area contributed by atoms with Crippen LogP contribution >= 0.6 is 11.8 Å². The summed E-state index contributed by atoms with van der Waals surface area (Å²) in [4.78, 5) is 1.51. The van der Waals surface area contributed by atoms with Crippen molar-refractivity contribution in [3.8, 4) is 0 Å². The minimum Gasteiger partial charge on any atom is -0.314 e. The van der Waals surface area contributed by atoms with E-state index in [9.17, 15) is 0 Å². The molecule has 0 bridgehead atoms. The summed E-state index contributed by atoms with van der Waals surface area (Å²) in [7, 11) is 0. The second-order valence-corrected chi connectivity index (χ2v) is 6.79. The summed E-state index contributed by atoms with van der Waals surface area (Å²) >= 11 is 2.03. The minimum atomic E-state index is 0.678. The predicted molar refractivity (Wildman–Crippen MR) is 86.1 cm³/mol. The van der Waals surface area contributed by atoms with E-state index < -0.39 is 0 Å². The Balaban J connectivity index is 1.94. The monoisotopic (exact) mass is 277 g/mol. The Morgan fingerprint density at radius 1 is 1.32 bits per heavy atom. The van der Waals surface area contributed by atoms with Gasteiger partial charge in [-0.05, 0) is 49.3 Å². The third-order valence-corrected chi connectivity index (χ3v) is 5.49. The van der Waals surface area contributed by atoms with E-state index in [1.165, 1.54) is 29.9 Å². The van der Waals surface area contributed by atoms with Gasteiger partial charge in [-0.25, -0.2) is 0 Å². The van der Waals surface area contributed by atoms with E-state index in [0.717, 1.165) is 18.4 Å². The van der Waals surface area contributed by atoms with Crippen molar-refractivity contribution < 1.29 is 0 Å². The van der Waals surface area contributed by atoms with Crippen molar-refractivity contribution in [3.63, 3.8) is 0 Å². The van der Waals surface area contributed by atoms with Crippen LogP contribution in [0.1, 0.15) is 51.5 Å². The number of hydrogen-bond donors (Lipinski definition) is 1. The van der Waals surface area contributed by atoms with Crippen LogP contribution in [0.25, 0.3) is 0 Å². The first kappa shape index (κ1) is 14.9. The van der Waals surface area contributed by atoms with Crippen LogP contribution in [-0.4, -0.2) is 18.3 Å². The van der Waals surface area contributed by atoms with E-state index in [2.05, 4.69) is 50.4 Å². The fourth-order valence-corrected chi connectivity index (χ4v) is 4.39. The Hall–Kier alpha value is -0.470. The van der Waals surface area contributed by atoms with Gasteiger partial charge >= 0.3 is 0 Å². The quantitative estimate of drug-likeness (QED) is 0.776. The molecule has 0 aromatic heterocycles. The number of benzene rings is 1. The lowest BCUT2D eigenvalue weighted by Crippen LogP contribution is -2.35. The molecule has 2 rings (SSSR count). The molecule has 0 fully saturated rings. The van der Waals surface area contributed by atoms with Crippen LogP contribution in [0, 0.1) is 5.92 Å². The third-order valence-electron chi connectivity index (χ3n) is 4.24. The van der Waals surface area contributed by atoms with Crippen molar-refractivity contribution in [1.29, 1.82) is 0 Å². The van der Waals surface area contributed by atoms with Gasteiger partial charge < -0.3 is 5.32 Å². The second kappa shape index (κ2) is 7.35. The van der Waals surface area contributed by atoms with Gasteiger partial charge in [-0.1, -0.05) is 39.0 Å². The molecule has 0 aliphatic carbocycles. The van der Waals surface area contributed by atoms with Gasteiger partial charge in [0.05, 0.1) is 0 Å². The highest BCUT2D eigenvalue weighted by Gasteiger charge is 2.26. The van der Waals surface area contributed by atoms with Crippen molar-refractivity contribution in [2.75, 3.05) is 12.3 Å². The molecule has 1 nitrogen and oxygen atoms in total. The maximum absolute atomic E-state index is 3.71. The van der Waals surface area contributed by atoms with Crippen LogP contribution in [0.4, 0.5) is 0 Å². The first-order chi connectivity index (χ1) is 9.26. The molecule has 0 amide bonds. The van der Waals surface area contributed by atoms with Crippen LogP contribution in [0.5, 0.6) is 0 Å². The number of rotatable bonds is 7. The molecule has 106 valence electrons. The lowest BCUT2D eigenvalue weighted by atomic mass is 9.86. The Bertz CT molecular complexity index is 391. The van der Waals surface area contributed by atoms with E-state index in [1.54, 1.807) is 5.56 Å². The van der Waals surface area contributed by atoms with E-state index >= 15 is 0 Å². The van der Waals surface area contributed by atoms with Crippen LogP contribution in [-0.2, 0) is 0 Å². The highest BCUT2D eigenvalue weighted by molar-refractivity contribution is 7.99. The van der Waals surface area contributed by atoms with Crippen molar-refractivity contribution >= 4 is 11.8 Å². The fraction of sp³-hybridized carbons (Fsp3) is 0.647. The highest BCUT2D eigenvalue weighted by atomic mass is 32.2. The van der Waals surface area contributed by atoms with E-state index in [0.29, 0.717) is 6.04 Å². The summed E-state index contributed by atoms with van der Waals surface area (Å²) in [5, 5.41) is 3.71. The van der Waals surface area contributed by atoms with Crippen molar-refractivity contribution in [3.05, 3.63) is 29.8 Å². The maximum atomic E-state index is 3.71. The molecule has 1 aromatic rings. The van der Waals surface area contributed by atoms with Gasteiger partial charge in [-0.15, -0.1) is 11.8 Å².